The second kappa shape index (κ2) is 5.50. The Bertz CT molecular complexity index is 739. The molecule has 0 aliphatic carbocycles. The van der Waals surface area contributed by atoms with Gasteiger partial charge in [-0.15, -0.1) is 0 Å². The van der Waals surface area contributed by atoms with Gasteiger partial charge in [-0.1, -0.05) is 36.4 Å². The summed E-state index contributed by atoms with van der Waals surface area (Å²) in [6, 6.07) is 15.0. The van der Waals surface area contributed by atoms with E-state index in [9.17, 15) is 8.42 Å². The predicted molar refractivity (Wildman–Crippen MR) is 84.0 cm³/mol. The molecule has 2 N–H and O–H groups in total. The molecule has 21 heavy (non-hydrogen) atoms. The van der Waals surface area contributed by atoms with Crippen molar-refractivity contribution in [3.8, 4) is 0 Å². The minimum atomic E-state index is -3.30. The van der Waals surface area contributed by atoms with Gasteiger partial charge in [0.25, 0.3) is 0 Å². The van der Waals surface area contributed by atoms with Crippen LogP contribution in [0, 0.1) is 0 Å². The summed E-state index contributed by atoms with van der Waals surface area (Å²) in [6.45, 7) is 1.02. The van der Waals surface area contributed by atoms with Crippen molar-refractivity contribution >= 4 is 15.7 Å². The molecule has 1 aliphatic heterocycles. The van der Waals surface area contributed by atoms with Gasteiger partial charge in [0, 0.05) is 18.8 Å². The Hall–Kier alpha value is -1.85. The first-order chi connectivity index (χ1) is 10.0. The Balaban J connectivity index is 1.78. The molecule has 3 rings (SSSR count). The van der Waals surface area contributed by atoms with Crippen LogP contribution in [0.2, 0.25) is 0 Å². The molecule has 0 fully saturated rings. The number of nitrogen functional groups attached to an aromatic ring is 1. The monoisotopic (exact) mass is 302 g/mol. The molecule has 110 valence electrons. The smallest absolute Gasteiger partial charge is 0.218 e. The molecule has 2 aromatic carbocycles. The summed E-state index contributed by atoms with van der Waals surface area (Å²) in [6.07, 6.45) is 0.775. The number of nitrogens with two attached hydrogens (primary N) is 1. The Morgan fingerprint density at radius 1 is 1.00 bits per heavy atom. The largest absolute Gasteiger partial charge is 0.399 e. The molecule has 5 heteroatoms. The van der Waals surface area contributed by atoms with Crippen LogP contribution < -0.4 is 5.73 Å². The maximum atomic E-state index is 12.5. The normalized spacial score (nSPS) is 15.6. The second-order valence-electron chi connectivity index (χ2n) is 5.35. The molecule has 1 heterocycles. The zero-order chi connectivity index (χ0) is 14.9. The van der Waals surface area contributed by atoms with Crippen molar-refractivity contribution in [2.75, 3.05) is 12.3 Å². The minimum Gasteiger partial charge on any atom is -0.399 e. The molecular weight excluding hydrogens is 284 g/mol. The van der Waals surface area contributed by atoms with Crippen molar-refractivity contribution in [2.24, 2.45) is 0 Å². The van der Waals surface area contributed by atoms with Crippen LogP contribution in [0.4, 0.5) is 5.69 Å². The van der Waals surface area contributed by atoms with Crippen LogP contribution in [0.25, 0.3) is 0 Å². The van der Waals surface area contributed by atoms with Gasteiger partial charge in [0.15, 0.2) is 0 Å². The number of fused-ring (bicyclic) bond motifs is 1. The quantitative estimate of drug-likeness (QED) is 0.884. The minimum absolute atomic E-state index is 0.0233. The van der Waals surface area contributed by atoms with E-state index in [0.29, 0.717) is 18.8 Å². The SMILES string of the molecule is Nc1ccc(CS(=O)(=O)N2CCc3ccccc3C2)cc1. The van der Waals surface area contributed by atoms with E-state index in [1.54, 1.807) is 28.6 Å². The third-order valence-electron chi connectivity index (χ3n) is 3.82. The third-order valence-corrected chi connectivity index (χ3v) is 5.61. The van der Waals surface area contributed by atoms with Gasteiger partial charge in [0.2, 0.25) is 10.0 Å². The molecule has 0 bridgehead atoms. The molecular formula is C16H18N2O2S. The highest BCUT2D eigenvalue weighted by Gasteiger charge is 2.26. The zero-order valence-electron chi connectivity index (χ0n) is 11.7. The molecule has 0 radical (unpaired) electrons. The fourth-order valence-corrected chi connectivity index (χ4v) is 4.12. The topological polar surface area (TPSA) is 63.4 Å². The van der Waals surface area contributed by atoms with Gasteiger partial charge in [-0.2, -0.15) is 4.31 Å². The summed E-state index contributed by atoms with van der Waals surface area (Å²) in [5.74, 6) is 0.0233. The van der Waals surface area contributed by atoms with E-state index in [-0.39, 0.29) is 5.75 Å². The first kappa shape index (κ1) is 14.1. The summed E-state index contributed by atoms with van der Waals surface area (Å²) >= 11 is 0. The average Bonchev–Trinajstić information content (AvgIpc) is 2.49. The van der Waals surface area contributed by atoms with Gasteiger partial charge in [-0.05, 0) is 35.2 Å². The lowest BCUT2D eigenvalue weighted by Crippen LogP contribution is -2.36. The lowest BCUT2D eigenvalue weighted by atomic mass is 10.0. The standard InChI is InChI=1S/C16H18N2O2S/c17-16-7-5-13(6-8-16)12-21(19,20)18-10-9-14-3-1-2-4-15(14)11-18/h1-8H,9-12,17H2. The van der Waals surface area contributed by atoms with E-state index in [2.05, 4.69) is 6.07 Å². The van der Waals surface area contributed by atoms with Crippen LogP contribution in [-0.4, -0.2) is 19.3 Å². The zero-order valence-corrected chi connectivity index (χ0v) is 12.5. The molecule has 0 atom stereocenters. The number of hydrogen-bond acceptors (Lipinski definition) is 3. The number of rotatable bonds is 3. The molecule has 0 saturated carbocycles. The summed E-state index contributed by atoms with van der Waals surface area (Å²) < 4.78 is 26.7. The van der Waals surface area contributed by atoms with Gasteiger partial charge in [-0.25, -0.2) is 8.42 Å². The van der Waals surface area contributed by atoms with Gasteiger partial charge in [0.1, 0.15) is 0 Å². The van der Waals surface area contributed by atoms with Crippen LogP contribution in [-0.2, 0) is 28.7 Å². The molecule has 1 aliphatic rings. The molecule has 0 spiro atoms. The first-order valence-electron chi connectivity index (χ1n) is 6.94. The lowest BCUT2D eigenvalue weighted by molar-refractivity contribution is 0.391. The van der Waals surface area contributed by atoms with Crippen LogP contribution in [0.15, 0.2) is 48.5 Å². The van der Waals surface area contributed by atoms with Gasteiger partial charge in [0.05, 0.1) is 5.75 Å². The second-order valence-corrected chi connectivity index (χ2v) is 7.32. The Labute approximate surface area is 125 Å². The number of nitrogens with zero attached hydrogens (tertiary/aromatic N) is 1. The molecule has 0 aromatic heterocycles. The van der Waals surface area contributed by atoms with Crippen LogP contribution in [0.1, 0.15) is 16.7 Å². The average molecular weight is 302 g/mol. The van der Waals surface area contributed by atoms with Crippen molar-refractivity contribution in [3.63, 3.8) is 0 Å². The molecule has 4 nitrogen and oxygen atoms in total. The molecule has 0 amide bonds. The highest BCUT2D eigenvalue weighted by Crippen LogP contribution is 2.22. The van der Waals surface area contributed by atoms with E-state index < -0.39 is 10.0 Å². The van der Waals surface area contributed by atoms with E-state index in [4.69, 9.17) is 5.73 Å². The van der Waals surface area contributed by atoms with E-state index in [1.807, 2.05) is 18.2 Å². The Kier molecular flexibility index (Phi) is 3.69. The van der Waals surface area contributed by atoms with Gasteiger partial charge < -0.3 is 5.73 Å². The first-order valence-corrected chi connectivity index (χ1v) is 8.54. The predicted octanol–water partition coefficient (Wildman–Crippen LogP) is 2.16. The molecule has 0 saturated heterocycles. The molecule has 0 unspecified atom stereocenters. The van der Waals surface area contributed by atoms with Crippen molar-refractivity contribution < 1.29 is 8.42 Å². The van der Waals surface area contributed by atoms with Crippen molar-refractivity contribution in [3.05, 3.63) is 65.2 Å². The number of sulfonamides is 1. The number of hydrogen-bond donors (Lipinski definition) is 1. The lowest BCUT2D eigenvalue weighted by Gasteiger charge is -2.28. The number of anilines is 1. The molecule has 2 aromatic rings. The highest BCUT2D eigenvalue weighted by atomic mass is 32.2. The number of benzene rings is 2. The van der Waals surface area contributed by atoms with Crippen LogP contribution >= 0.6 is 0 Å². The Morgan fingerprint density at radius 2 is 1.67 bits per heavy atom. The van der Waals surface area contributed by atoms with E-state index in [0.717, 1.165) is 17.5 Å². The fraction of sp³-hybridized carbons (Fsp3) is 0.250. The van der Waals surface area contributed by atoms with Crippen molar-refractivity contribution in [1.82, 2.24) is 4.31 Å². The highest BCUT2D eigenvalue weighted by molar-refractivity contribution is 7.88. The fourth-order valence-electron chi connectivity index (χ4n) is 2.62. The van der Waals surface area contributed by atoms with E-state index >= 15 is 0 Å². The van der Waals surface area contributed by atoms with E-state index in [1.165, 1.54) is 5.56 Å². The third kappa shape index (κ3) is 3.09. The van der Waals surface area contributed by atoms with Crippen molar-refractivity contribution in [2.45, 2.75) is 18.7 Å². The van der Waals surface area contributed by atoms with Gasteiger partial charge >= 0.3 is 0 Å². The van der Waals surface area contributed by atoms with Crippen LogP contribution in [0.5, 0.6) is 0 Å². The maximum absolute atomic E-state index is 12.5. The summed E-state index contributed by atoms with van der Waals surface area (Å²) in [4.78, 5) is 0. The van der Waals surface area contributed by atoms with Crippen LogP contribution in [0.3, 0.4) is 0 Å². The maximum Gasteiger partial charge on any atom is 0.218 e. The van der Waals surface area contributed by atoms with Gasteiger partial charge in [-0.3, -0.25) is 0 Å². The summed E-state index contributed by atoms with van der Waals surface area (Å²) in [5, 5.41) is 0. The van der Waals surface area contributed by atoms with Crippen molar-refractivity contribution in [1.29, 1.82) is 0 Å². The summed E-state index contributed by atoms with van der Waals surface area (Å²) in [5.41, 5.74) is 9.38. The summed E-state index contributed by atoms with van der Waals surface area (Å²) in [7, 11) is -3.30. The Morgan fingerprint density at radius 3 is 2.38 bits per heavy atom.